The molecule has 0 radical (unpaired) electrons. The molecule has 0 aliphatic carbocycles. The van der Waals surface area contributed by atoms with Crippen molar-refractivity contribution in [2.45, 2.75) is 13.5 Å². The van der Waals surface area contributed by atoms with Crippen molar-refractivity contribution < 1.29 is 13.9 Å². The van der Waals surface area contributed by atoms with Gasteiger partial charge in [-0.05, 0) is 48.4 Å². The van der Waals surface area contributed by atoms with E-state index in [4.69, 9.17) is 17.0 Å². The summed E-state index contributed by atoms with van der Waals surface area (Å²) in [7, 11) is 0. The van der Waals surface area contributed by atoms with Crippen LogP contribution in [0.1, 0.15) is 16.7 Å². The summed E-state index contributed by atoms with van der Waals surface area (Å²) in [5.41, 5.74) is 3.42. The highest BCUT2D eigenvalue weighted by molar-refractivity contribution is 8.27. The number of thiocarbonyl (C=S) groups is 1. The third-order valence-electron chi connectivity index (χ3n) is 4.66. The minimum absolute atomic E-state index is 0.146. The molecule has 1 amide bonds. The summed E-state index contributed by atoms with van der Waals surface area (Å²) in [6.07, 6.45) is 1.80. The van der Waals surface area contributed by atoms with Crippen LogP contribution in [0, 0.1) is 12.7 Å². The van der Waals surface area contributed by atoms with E-state index in [2.05, 4.69) is 0 Å². The van der Waals surface area contributed by atoms with E-state index >= 15 is 0 Å². The predicted molar refractivity (Wildman–Crippen MR) is 124 cm³/mol. The molecule has 1 aliphatic rings. The minimum atomic E-state index is -0.283. The summed E-state index contributed by atoms with van der Waals surface area (Å²) in [4.78, 5) is 15.2. The molecule has 0 aromatic heterocycles. The number of aryl methyl sites for hydroxylation is 1. The first kappa shape index (κ1) is 20.3. The summed E-state index contributed by atoms with van der Waals surface area (Å²) in [6.45, 7) is 2.26. The molecule has 6 heteroatoms. The fraction of sp³-hybridized carbons (Fsp3) is 0.0833. The van der Waals surface area contributed by atoms with Crippen molar-refractivity contribution in [3.05, 3.63) is 100 Å². The maximum absolute atomic E-state index is 13.1. The largest absolute Gasteiger partial charge is 0.488 e. The Balaban J connectivity index is 1.58. The predicted octanol–water partition coefficient (Wildman–Crippen LogP) is 6.12. The molecule has 0 saturated carbocycles. The molecule has 0 unspecified atom stereocenters. The molecule has 1 saturated heterocycles. The lowest BCUT2D eigenvalue weighted by atomic mass is 10.1. The monoisotopic (exact) mass is 435 g/mol. The first-order valence-electron chi connectivity index (χ1n) is 9.33. The maximum Gasteiger partial charge on any atom is 0.270 e. The number of carbonyl (C=O) groups excluding carboxylic acids is 1. The summed E-state index contributed by atoms with van der Waals surface area (Å²) >= 11 is 6.75. The number of halogens is 1. The maximum atomic E-state index is 13.1. The van der Waals surface area contributed by atoms with Gasteiger partial charge in [0.05, 0.1) is 10.6 Å². The highest BCUT2D eigenvalue weighted by Crippen LogP contribution is 2.38. The number of para-hydroxylation sites is 2. The lowest BCUT2D eigenvalue weighted by Gasteiger charge is -2.16. The fourth-order valence-corrected chi connectivity index (χ4v) is 4.38. The molecule has 0 bridgehead atoms. The quantitative estimate of drug-likeness (QED) is 0.357. The molecule has 4 rings (SSSR count). The van der Waals surface area contributed by atoms with Gasteiger partial charge in [0.15, 0.2) is 4.32 Å². The van der Waals surface area contributed by atoms with Crippen LogP contribution in [0.15, 0.2) is 77.7 Å². The number of anilines is 1. The van der Waals surface area contributed by atoms with Gasteiger partial charge in [0.2, 0.25) is 0 Å². The summed E-state index contributed by atoms with van der Waals surface area (Å²) in [6, 6.07) is 21.3. The van der Waals surface area contributed by atoms with Gasteiger partial charge in [-0.25, -0.2) is 4.39 Å². The molecule has 150 valence electrons. The van der Waals surface area contributed by atoms with Crippen LogP contribution in [-0.4, -0.2) is 10.2 Å². The smallest absolute Gasteiger partial charge is 0.270 e. The van der Waals surface area contributed by atoms with Crippen LogP contribution in [0.2, 0.25) is 0 Å². The average Bonchev–Trinajstić information content (AvgIpc) is 3.02. The first-order chi connectivity index (χ1) is 14.5. The Morgan fingerprint density at radius 1 is 1.03 bits per heavy atom. The standard InChI is InChI=1S/C24H18FNO2S2/c1-16-6-2-4-8-20(16)26-23(27)22(30-24(26)29)14-18-7-3-5-9-21(18)28-15-17-10-12-19(25)13-11-17/h2-14H,15H2,1H3/b22-14-. The number of thioether (sulfide) groups is 1. The molecular weight excluding hydrogens is 417 g/mol. The lowest BCUT2D eigenvalue weighted by Crippen LogP contribution is -2.28. The van der Waals surface area contributed by atoms with Crippen LogP contribution in [-0.2, 0) is 11.4 Å². The zero-order valence-corrected chi connectivity index (χ0v) is 17.8. The molecule has 3 nitrogen and oxygen atoms in total. The molecule has 3 aromatic carbocycles. The molecule has 0 atom stereocenters. The van der Waals surface area contributed by atoms with Crippen LogP contribution in [0.3, 0.4) is 0 Å². The molecule has 1 heterocycles. The second-order valence-corrected chi connectivity index (χ2v) is 8.43. The average molecular weight is 436 g/mol. The minimum Gasteiger partial charge on any atom is -0.488 e. The van der Waals surface area contributed by atoms with Crippen molar-refractivity contribution in [3.8, 4) is 5.75 Å². The van der Waals surface area contributed by atoms with Gasteiger partial charge in [-0.2, -0.15) is 0 Å². The molecular formula is C24H18FNO2S2. The van der Waals surface area contributed by atoms with Gasteiger partial charge in [0, 0.05) is 5.56 Å². The van der Waals surface area contributed by atoms with E-state index in [0.29, 0.717) is 21.6 Å². The highest BCUT2D eigenvalue weighted by Gasteiger charge is 2.34. The molecule has 1 fully saturated rings. The van der Waals surface area contributed by atoms with E-state index in [1.54, 1.807) is 23.1 Å². The van der Waals surface area contributed by atoms with Crippen molar-refractivity contribution in [2.75, 3.05) is 4.90 Å². The fourth-order valence-electron chi connectivity index (χ4n) is 3.10. The van der Waals surface area contributed by atoms with E-state index in [1.807, 2.05) is 55.5 Å². The van der Waals surface area contributed by atoms with Gasteiger partial charge in [-0.15, -0.1) is 0 Å². The number of carbonyl (C=O) groups is 1. The topological polar surface area (TPSA) is 29.5 Å². The van der Waals surface area contributed by atoms with Crippen molar-refractivity contribution in [3.63, 3.8) is 0 Å². The summed E-state index contributed by atoms with van der Waals surface area (Å²) in [5.74, 6) is 0.213. The Morgan fingerprint density at radius 2 is 1.73 bits per heavy atom. The lowest BCUT2D eigenvalue weighted by molar-refractivity contribution is -0.113. The Bertz CT molecular complexity index is 1140. The van der Waals surface area contributed by atoms with Crippen LogP contribution in [0.4, 0.5) is 10.1 Å². The summed E-state index contributed by atoms with van der Waals surface area (Å²) in [5, 5.41) is 0. The number of benzene rings is 3. The number of amides is 1. The molecule has 0 spiro atoms. The van der Waals surface area contributed by atoms with E-state index in [0.717, 1.165) is 22.4 Å². The number of nitrogens with zero attached hydrogens (tertiary/aromatic N) is 1. The molecule has 1 aliphatic heterocycles. The van der Waals surface area contributed by atoms with Gasteiger partial charge >= 0.3 is 0 Å². The van der Waals surface area contributed by atoms with E-state index in [-0.39, 0.29) is 11.7 Å². The van der Waals surface area contributed by atoms with Crippen molar-refractivity contribution in [1.29, 1.82) is 0 Å². The number of hydrogen-bond donors (Lipinski definition) is 0. The van der Waals surface area contributed by atoms with Gasteiger partial charge in [-0.3, -0.25) is 9.69 Å². The molecule has 3 aromatic rings. The van der Waals surface area contributed by atoms with Crippen LogP contribution in [0.5, 0.6) is 5.75 Å². The SMILES string of the molecule is Cc1ccccc1N1C(=O)/C(=C/c2ccccc2OCc2ccc(F)cc2)SC1=S. The second kappa shape index (κ2) is 8.81. The third-order valence-corrected chi connectivity index (χ3v) is 5.97. The summed E-state index contributed by atoms with van der Waals surface area (Å²) < 4.78 is 19.5. The molecule has 30 heavy (non-hydrogen) atoms. The van der Waals surface area contributed by atoms with Gasteiger partial charge in [0.1, 0.15) is 18.2 Å². The van der Waals surface area contributed by atoms with Gasteiger partial charge in [0.25, 0.3) is 5.91 Å². The molecule has 0 N–H and O–H groups in total. The Labute approximate surface area is 184 Å². The Kier molecular flexibility index (Phi) is 5.97. The second-order valence-electron chi connectivity index (χ2n) is 6.76. The zero-order valence-electron chi connectivity index (χ0n) is 16.2. The van der Waals surface area contributed by atoms with Gasteiger partial charge < -0.3 is 4.74 Å². The van der Waals surface area contributed by atoms with Crippen molar-refractivity contribution in [1.82, 2.24) is 0 Å². The Hall–Kier alpha value is -2.96. The Morgan fingerprint density at radius 3 is 2.50 bits per heavy atom. The third kappa shape index (κ3) is 4.30. The van der Waals surface area contributed by atoms with E-state index < -0.39 is 0 Å². The normalized spacial score (nSPS) is 15.1. The number of hydrogen-bond acceptors (Lipinski definition) is 4. The number of rotatable bonds is 5. The van der Waals surface area contributed by atoms with Crippen LogP contribution in [0.25, 0.3) is 6.08 Å². The van der Waals surface area contributed by atoms with Gasteiger partial charge in [-0.1, -0.05) is 72.5 Å². The van der Waals surface area contributed by atoms with Crippen LogP contribution >= 0.6 is 24.0 Å². The van der Waals surface area contributed by atoms with Crippen LogP contribution < -0.4 is 9.64 Å². The highest BCUT2D eigenvalue weighted by atomic mass is 32.2. The van der Waals surface area contributed by atoms with E-state index in [9.17, 15) is 9.18 Å². The number of ether oxygens (including phenoxy) is 1. The van der Waals surface area contributed by atoms with Crippen molar-refractivity contribution >= 4 is 46.0 Å². The van der Waals surface area contributed by atoms with E-state index in [1.165, 1.54) is 23.9 Å². The van der Waals surface area contributed by atoms with Crippen molar-refractivity contribution in [2.24, 2.45) is 0 Å². The first-order valence-corrected chi connectivity index (χ1v) is 10.6. The zero-order chi connectivity index (χ0) is 21.1.